The maximum atomic E-state index is 12.9. The van der Waals surface area contributed by atoms with Crippen molar-refractivity contribution in [1.29, 1.82) is 0 Å². The van der Waals surface area contributed by atoms with E-state index in [1.807, 2.05) is 85.4 Å². The lowest BCUT2D eigenvalue weighted by Gasteiger charge is -2.11. The van der Waals surface area contributed by atoms with Gasteiger partial charge in [-0.05, 0) is 55.8 Å². The van der Waals surface area contributed by atoms with Gasteiger partial charge in [0.1, 0.15) is 10.1 Å². The molecule has 1 amide bonds. The molecule has 0 N–H and O–H groups in total. The minimum Gasteiger partial charge on any atom is -0.494 e. The molecule has 3 aromatic rings. The van der Waals surface area contributed by atoms with Crippen LogP contribution in [0.5, 0.6) is 5.75 Å². The van der Waals surface area contributed by atoms with Gasteiger partial charge in [-0.3, -0.25) is 9.69 Å². The lowest BCUT2D eigenvalue weighted by Crippen LogP contribution is -2.28. The van der Waals surface area contributed by atoms with E-state index in [1.165, 1.54) is 11.8 Å². The Morgan fingerprint density at radius 2 is 1.84 bits per heavy atom. The van der Waals surface area contributed by atoms with Gasteiger partial charge in [0.15, 0.2) is 0 Å². The van der Waals surface area contributed by atoms with Crippen molar-refractivity contribution >= 4 is 40.3 Å². The number of amides is 1. The molecule has 2 aromatic carbocycles. The number of thioether (sulfide) groups is 1. The van der Waals surface area contributed by atoms with Crippen molar-refractivity contribution in [3.63, 3.8) is 0 Å². The Morgan fingerprint density at radius 1 is 1.10 bits per heavy atom. The first kappa shape index (κ1) is 21.3. The second-order valence-electron chi connectivity index (χ2n) is 7.00. The summed E-state index contributed by atoms with van der Waals surface area (Å²) >= 11 is 6.76. The molecule has 158 valence electrons. The second-order valence-corrected chi connectivity index (χ2v) is 8.68. The van der Waals surface area contributed by atoms with E-state index >= 15 is 0 Å². The molecule has 5 nitrogen and oxygen atoms in total. The lowest BCUT2D eigenvalue weighted by atomic mass is 10.1. The standard InChI is InChI=1S/C24H23N3O2S2/c1-3-14-26-23(28)21(31-24(26)30)15-18-16-27(19-8-6-5-7-9-19)25-22(18)17-10-12-20(13-11-17)29-4-2/h5-13,15-16H,3-4,14H2,1-2H3/b21-15+. The Morgan fingerprint density at radius 3 is 2.52 bits per heavy atom. The highest BCUT2D eigenvalue weighted by molar-refractivity contribution is 8.26. The fourth-order valence-corrected chi connectivity index (χ4v) is 4.66. The Hall–Kier alpha value is -2.90. The summed E-state index contributed by atoms with van der Waals surface area (Å²) in [5.74, 6) is 0.776. The van der Waals surface area contributed by atoms with E-state index in [0.29, 0.717) is 22.4 Å². The van der Waals surface area contributed by atoms with Crippen LogP contribution in [0.15, 0.2) is 65.7 Å². The number of ether oxygens (including phenoxy) is 1. The molecule has 0 spiro atoms. The van der Waals surface area contributed by atoms with Crippen LogP contribution in [-0.4, -0.2) is 38.1 Å². The van der Waals surface area contributed by atoms with Gasteiger partial charge in [-0.25, -0.2) is 4.68 Å². The van der Waals surface area contributed by atoms with Gasteiger partial charge >= 0.3 is 0 Å². The van der Waals surface area contributed by atoms with Crippen molar-refractivity contribution in [2.45, 2.75) is 20.3 Å². The van der Waals surface area contributed by atoms with Crippen molar-refractivity contribution in [2.24, 2.45) is 0 Å². The number of para-hydroxylation sites is 1. The van der Waals surface area contributed by atoms with E-state index in [2.05, 4.69) is 0 Å². The summed E-state index contributed by atoms with van der Waals surface area (Å²) in [7, 11) is 0. The van der Waals surface area contributed by atoms with E-state index in [4.69, 9.17) is 22.1 Å². The zero-order valence-corrected chi connectivity index (χ0v) is 19.1. The minimum absolute atomic E-state index is 0.0399. The van der Waals surface area contributed by atoms with E-state index in [9.17, 15) is 4.79 Å². The molecule has 2 heterocycles. The Bertz CT molecular complexity index is 1120. The van der Waals surface area contributed by atoms with Gasteiger partial charge in [0.2, 0.25) is 0 Å². The van der Waals surface area contributed by atoms with E-state index in [1.54, 1.807) is 4.90 Å². The highest BCUT2D eigenvalue weighted by Gasteiger charge is 2.31. The van der Waals surface area contributed by atoms with E-state index in [-0.39, 0.29) is 5.91 Å². The van der Waals surface area contributed by atoms with Crippen LogP contribution in [0.25, 0.3) is 23.0 Å². The summed E-state index contributed by atoms with van der Waals surface area (Å²) in [6.45, 7) is 5.25. The molecule has 0 bridgehead atoms. The number of hydrogen-bond donors (Lipinski definition) is 0. The van der Waals surface area contributed by atoms with Crippen LogP contribution in [0.4, 0.5) is 0 Å². The molecule has 1 saturated heterocycles. The van der Waals surface area contributed by atoms with Crippen LogP contribution in [-0.2, 0) is 4.79 Å². The van der Waals surface area contributed by atoms with Gasteiger partial charge in [0.05, 0.1) is 22.9 Å². The molecule has 0 unspecified atom stereocenters. The largest absolute Gasteiger partial charge is 0.494 e. The number of benzene rings is 2. The molecular formula is C24H23N3O2S2. The predicted molar refractivity (Wildman–Crippen MR) is 130 cm³/mol. The van der Waals surface area contributed by atoms with Crippen LogP contribution in [0.2, 0.25) is 0 Å². The third kappa shape index (κ3) is 4.57. The first-order valence-electron chi connectivity index (χ1n) is 10.2. The summed E-state index contributed by atoms with van der Waals surface area (Å²) in [5, 5.41) is 4.83. The number of aromatic nitrogens is 2. The number of carbonyl (C=O) groups is 1. The highest BCUT2D eigenvalue weighted by Crippen LogP contribution is 2.35. The molecule has 0 atom stereocenters. The van der Waals surface area contributed by atoms with Crippen molar-refractivity contribution in [3.05, 3.63) is 71.3 Å². The summed E-state index contributed by atoms with van der Waals surface area (Å²) in [6.07, 6.45) is 4.71. The molecule has 1 aliphatic rings. The van der Waals surface area contributed by atoms with Crippen LogP contribution < -0.4 is 4.74 Å². The van der Waals surface area contributed by atoms with Gasteiger partial charge < -0.3 is 4.74 Å². The fraction of sp³-hybridized carbons (Fsp3) is 0.208. The SMILES string of the molecule is CCCN1C(=O)/C(=C\c2cn(-c3ccccc3)nc2-c2ccc(OCC)cc2)SC1=S. The van der Waals surface area contributed by atoms with Gasteiger partial charge in [0.25, 0.3) is 5.91 Å². The number of nitrogens with zero attached hydrogens (tertiary/aromatic N) is 3. The first-order valence-corrected chi connectivity index (χ1v) is 11.5. The molecule has 0 saturated carbocycles. The van der Waals surface area contributed by atoms with Crippen molar-refractivity contribution in [3.8, 4) is 22.7 Å². The summed E-state index contributed by atoms with van der Waals surface area (Å²) < 4.78 is 8.01. The zero-order chi connectivity index (χ0) is 21.8. The normalized spacial score (nSPS) is 15.2. The average Bonchev–Trinajstić information content (AvgIpc) is 3.32. The smallest absolute Gasteiger partial charge is 0.266 e. The summed E-state index contributed by atoms with van der Waals surface area (Å²) in [4.78, 5) is 15.2. The Labute approximate surface area is 191 Å². The van der Waals surface area contributed by atoms with Crippen molar-refractivity contribution in [1.82, 2.24) is 14.7 Å². The number of carbonyl (C=O) groups excluding carboxylic acids is 1. The molecular weight excluding hydrogens is 426 g/mol. The van der Waals surface area contributed by atoms with Crippen LogP contribution in [0.3, 0.4) is 0 Å². The highest BCUT2D eigenvalue weighted by atomic mass is 32.2. The quantitative estimate of drug-likeness (QED) is 0.350. The molecule has 7 heteroatoms. The van der Waals surface area contributed by atoms with Crippen molar-refractivity contribution < 1.29 is 9.53 Å². The number of rotatable bonds is 7. The van der Waals surface area contributed by atoms with Crippen LogP contribution in [0.1, 0.15) is 25.8 Å². The summed E-state index contributed by atoms with van der Waals surface area (Å²) in [5.41, 5.74) is 3.57. The van der Waals surface area contributed by atoms with E-state index < -0.39 is 0 Å². The topological polar surface area (TPSA) is 47.4 Å². The first-order chi connectivity index (χ1) is 15.1. The van der Waals surface area contributed by atoms with Crippen molar-refractivity contribution in [2.75, 3.05) is 13.2 Å². The monoisotopic (exact) mass is 449 g/mol. The third-order valence-corrected chi connectivity index (χ3v) is 6.19. The van der Waals surface area contributed by atoms with Crippen LogP contribution in [0, 0.1) is 0 Å². The molecule has 31 heavy (non-hydrogen) atoms. The molecule has 0 radical (unpaired) electrons. The second kappa shape index (κ2) is 9.49. The van der Waals surface area contributed by atoms with Gasteiger partial charge in [-0.2, -0.15) is 5.10 Å². The Balaban J connectivity index is 1.76. The Kier molecular flexibility index (Phi) is 6.53. The number of hydrogen-bond acceptors (Lipinski definition) is 5. The van der Waals surface area contributed by atoms with E-state index in [0.717, 1.165) is 34.7 Å². The maximum Gasteiger partial charge on any atom is 0.266 e. The number of thiocarbonyl (C=S) groups is 1. The minimum atomic E-state index is -0.0399. The molecule has 0 aliphatic carbocycles. The summed E-state index contributed by atoms with van der Waals surface area (Å²) in [6, 6.07) is 17.8. The third-order valence-electron chi connectivity index (χ3n) is 4.81. The van der Waals surface area contributed by atoms with Gasteiger partial charge in [0, 0.05) is 23.9 Å². The predicted octanol–water partition coefficient (Wildman–Crippen LogP) is 5.55. The maximum absolute atomic E-state index is 12.9. The molecule has 1 aliphatic heterocycles. The molecule has 4 rings (SSSR count). The average molecular weight is 450 g/mol. The van der Waals surface area contributed by atoms with Gasteiger partial charge in [-0.1, -0.05) is 49.1 Å². The van der Waals surface area contributed by atoms with Crippen LogP contribution >= 0.6 is 24.0 Å². The van der Waals surface area contributed by atoms with Gasteiger partial charge in [-0.15, -0.1) is 0 Å². The lowest BCUT2D eigenvalue weighted by molar-refractivity contribution is -0.122. The fourth-order valence-electron chi connectivity index (χ4n) is 3.36. The molecule has 1 aromatic heterocycles. The molecule has 1 fully saturated rings. The zero-order valence-electron chi connectivity index (χ0n) is 17.4.